The van der Waals surface area contributed by atoms with Crippen LogP contribution < -0.4 is 0 Å². The van der Waals surface area contributed by atoms with Crippen LogP contribution in [0.5, 0.6) is 0 Å². The number of aromatic nitrogens is 2. The van der Waals surface area contributed by atoms with Gasteiger partial charge in [-0.05, 0) is 134 Å². The maximum atomic E-state index is 2.47. The van der Waals surface area contributed by atoms with E-state index in [-0.39, 0.29) is 0 Å². The summed E-state index contributed by atoms with van der Waals surface area (Å²) in [6.07, 6.45) is 0.944. The molecule has 2 nitrogen and oxygen atoms in total. The lowest BCUT2D eigenvalue weighted by Crippen LogP contribution is -2.00. The lowest BCUT2D eigenvalue weighted by atomic mass is 9.87. The molecule has 0 atom stereocenters. The van der Waals surface area contributed by atoms with Crippen LogP contribution in [0.3, 0.4) is 0 Å². The highest BCUT2D eigenvalue weighted by Crippen LogP contribution is 2.42. The van der Waals surface area contributed by atoms with Crippen LogP contribution in [0, 0.1) is 6.92 Å². The first-order chi connectivity index (χ1) is 29.1. The van der Waals surface area contributed by atoms with E-state index < -0.39 is 0 Å². The molecule has 0 fully saturated rings. The largest absolute Gasteiger partial charge is 0.309 e. The van der Waals surface area contributed by atoms with E-state index in [1.165, 1.54) is 109 Å². The molecule has 0 saturated heterocycles. The summed E-state index contributed by atoms with van der Waals surface area (Å²) < 4.78 is 4.91. The highest BCUT2D eigenvalue weighted by molar-refractivity contribution is 6.26. The first-order valence-corrected chi connectivity index (χ1v) is 20.7. The van der Waals surface area contributed by atoms with Crippen molar-refractivity contribution in [2.24, 2.45) is 0 Å². The molecule has 0 radical (unpaired) electrons. The molecule has 10 aromatic carbocycles. The Morgan fingerprint density at radius 3 is 1.15 bits per heavy atom. The van der Waals surface area contributed by atoms with Crippen LogP contribution in [0.1, 0.15) is 18.1 Å². The molecule has 2 heterocycles. The normalized spacial score (nSPS) is 12.0. The lowest BCUT2D eigenvalue weighted by Gasteiger charge is -2.18. The van der Waals surface area contributed by atoms with Crippen molar-refractivity contribution >= 4 is 75.9 Å². The van der Waals surface area contributed by atoms with E-state index >= 15 is 0 Å². The zero-order chi connectivity index (χ0) is 39.2. The molecule has 2 aromatic heterocycles. The number of rotatable bonds is 5. The highest BCUT2D eigenvalue weighted by atomic mass is 15.0. The van der Waals surface area contributed by atoms with Gasteiger partial charge in [-0.15, -0.1) is 0 Å². The number of benzene rings is 10. The predicted octanol–water partition coefficient (Wildman–Crippen LogP) is 15.5. The smallest absolute Gasteiger partial charge is 0.0541 e. The minimum absolute atomic E-state index is 0.944. The topological polar surface area (TPSA) is 9.86 Å². The standard InChI is InChI=1S/C57H40N2/c1-3-37-28-29-38(33-51(37)50-35-53-45-19-7-5-17-43(45)42-16-4-6-18-44(42)52(53)30-36(50)2)39-31-40(58-54-24-12-8-20-46(54)47-21-9-13-25-55(47)58)34-41(32-39)59-56-26-14-10-22-48(56)49-23-11-15-27-57(49)59/h4-35H,3H2,1-2H3. The van der Waals surface area contributed by atoms with Crippen molar-refractivity contribution in [3.8, 4) is 33.6 Å². The molecule has 0 aliphatic carbocycles. The molecule has 12 rings (SSSR count). The van der Waals surface area contributed by atoms with Crippen LogP contribution in [0.2, 0.25) is 0 Å². The van der Waals surface area contributed by atoms with E-state index in [9.17, 15) is 0 Å². The number of fused-ring (bicyclic) bond motifs is 12. The third-order valence-corrected chi connectivity index (χ3v) is 12.8. The third-order valence-electron chi connectivity index (χ3n) is 12.8. The van der Waals surface area contributed by atoms with Crippen molar-refractivity contribution in [3.05, 3.63) is 205 Å². The van der Waals surface area contributed by atoms with Crippen LogP contribution >= 0.6 is 0 Å². The monoisotopic (exact) mass is 752 g/mol. The summed E-state index contributed by atoms with van der Waals surface area (Å²) in [5.74, 6) is 0. The van der Waals surface area contributed by atoms with Crippen LogP contribution in [0.15, 0.2) is 194 Å². The molecule has 0 spiro atoms. The minimum atomic E-state index is 0.944. The lowest BCUT2D eigenvalue weighted by molar-refractivity contribution is 1.13. The van der Waals surface area contributed by atoms with Gasteiger partial charge in [0.05, 0.1) is 22.1 Å². The molecule has 0 N–H and O–H groups in total. The van der Waals surface area contributed by atoms with E-state index in [0.29, 0.717) is 0 Å². The molecule has 0 aliphatic rings. The van der Waals surface area contributed by atoms with Crippen molar-refractivity contribution in [2.75, 3.05) is 0 Å². The Balaban J connectivity index is 1.14. The van der Waals surface area contributed by atoms with Gasteiger partial charge in [0.25, 0.3) is 0 Å². The molecule has 0 saturated carbocycles. The van der Waals surface area contributed by atoms with Crippen LogP contribution in [-0.4, -0.2) is 9.13 Å². The number of aryl methyl sites for hydroxylation is 2. The fourth-order valence-electron chi connectivity index (χ4n) is 10.1. The second-order valence-corrected chi connectivity index (χ2v) is 16.0. The predicted molar refractivity (Wildman–Crippen MR) is 253 cm³/mol. The van der Waals surface area contributed by atoms with Crippen molar-refractivity contribution < 1.29 is 0 Å². The number of para-hydroxylation sites is 4. The molecule has 0 unspecified atom stereocenters. The van der Waals surface area contributed by atoms with Gasteiger partial charge in [-0.3, -0.25) is 0 Å². The highest BCUT2D eigenvalue weighted by Gasteiger charge is 2.19. The van der Waals surface area contributed by atoms with Crippen molar-refractivity contribution in [3.63, 3.8) is 0 Å². The quantitative estimate of drug-likeness (QED) is 0.155. The van der Waals surface area contributed by atoms with Crippen LogP contribution in [0.4, 0.5) is 0 Å². The Labute approximate surface area is 342 Å². The zero-order valence-electron chi connectivity index (χ0n) is 33.1. The Morgan fingerprint density at radius 1 is 0.322 bits per heavy atom. The van der Waals surface area contributed by atoms with Gasteiger partial charge < -0.3 is 9.13 Å². The first-order valence-electron chi connectivity index (χ1n) is 20.7. The minimum Gasteiger partial charge on any atom is -0.309 e. The van der Waals surface area contributed by atoms with Crippen molar-refractivity contribution in [1.29, 1.82) is 0 Å². The number of nitrogens with zero attached hydrogens (tertiary/aromatic N) is 2. The van der Waals surface area contributed by atoms with E-state index in [2.05, 4.69) is 217 Å². The Morgan fingerprint density at radius 2 is 0.712 bits per heavy atom. The zero-order valence-corrected chi connectivity index (χ0v) is 33.1. The van der Waals surface area contributed by atoms with Gasteiger partial charge in [-0.1, -0.05) is 146 Å². The van der Waals surface area contributed by atoms with Crippen LogP contribution in [-0.2, 0) is 6.42 Å². The third kappa shape index (κ3) is 5.06. The molecule has 59 heavy (non-hydrogen) atoms. The molecule has 2 heteroatoms. The Hall–Kier alpha value is -7.42. The fraction of sp³-hybridized carbons (Fsp3) is 0.0526. The molecule has 0 bridgehead atoms. The van der Waals surface area contributed by atoms with Crippen molar-refractivity contribution in [2.45, 2.75) is 20.3 Å². The van der Waals surface area contributed by atoms with Gasteiger partial charge in [0, 0.05) is 32.9 Å². The van der Waals surface area contributed by atoms with E-state index in [4.69, 9.17) is 0 Å². The average molecular weight is 753 g/mol. The van der Waals surface area contributed by atoms with Gasteiger partial charge in [-0.2, -0.15) is 0 Å². The second kappa shape index (κ2) is 13.1. The van der Waals surface area contributed by atoms with Crippen molar-refractivity contribution in [1.82, 2.24) is 9.13 Å². The molecular weight excluding hydrogens is 713 g/mol. The molecule has 278 valence electrons. The maximum absolute atomic E-state index is 2.47. The summed E-state index contributed by atoms with van der Waals surface area (Å²) in [4.78, 5) is 0. The average Bonchev–Trinajstić information content (AvgIpc) is 3.82. The summed E-state index contributed by atoms with van der Waals surface area (Å²) in [5, 5.41) is 12.9. The SMILES string of the molecule is CCc1ccc(-c2cc(-n3c4ccccc4c4ccccc43)cc(-n3c4ccccc4c4ccccc43)c2)cc1-c1cc2c3ccccc3c3ccccc3c2cc1C. The summed E-state index contributed by atoms with van der Waals surface area (Å²) in [7, 11) is 0. The van der Waals surface area contributed by atoms with E-state index in [1.54, 1.807) is 0 Å². The molecule has 12 aromatic rings. The number of hydrogen-bond donors (Lipinski definition) is 0. The first kappa shape index (κ1) is 33.7. The number of hydrogen-bond acceptors (Lipinski definition) is 0. The van der Waals surface area contributed by atoms with Crippen LogP contribution in [0.25, 0.3) is 110 Å². The van der Waals surface area contributed by atoms with Gasteiger partial charge in [0.15, 0.2) is 0 Å². The summed E-state index contributed by atoms with van der Waals surface area (Å²) >= 11 is 0. The Kier molecular flexibility index (Phi) is 7.46. The van der Waals surface area contributed by atoms with Gasteiger partial charge in [-0.25, -0.2) is 0 Å². The van der Waals surface area contributed by atoms with Gasteiger partial charge in [0.2, 0.25) is 0 Å². The van der Waals surface area contributed by atoms with Gasteiger partial charge >= 0.3 is 0 Å². The van der Waals surface area contributed by atoms with E-state index in [1.807, 2.05) is 0 Å². The summed E-state index contributed by atoms with van der Waals surface area (Å²) in [5.41, 5.74) is 14.7. The second-order valence-electron chi connectivity index (χ2n) is 16.0. The summed E-state index contributed by atoms with van der Waals surface area (Å²) in [6, 6.07) is 72.2. The van der Waals surface area contributed by atoms with Gasteiger partial charge in [0.1, 0.15) is 0 Å². The van der Waals surface area contributed by atoms with E-state index in [0.717, 1.165) is 17.8 Å². The fourth-order valence-corrected chi connectivity index (χ4v) is 10.1. The maximum Gasteiger partial charge on any atom is 0.0541 e. The molecule has 0 aliphatic heterocycles. The summed E-state index contributed by atoms with van der Waals surface area (Å²) in [6.45, 7) is 4.56. The Bertz CT molecular complexity index is 3430. The molecular formula is C57H40N2. The molecule has 0 amide bonds.